The van der Waals surface area contributed by atoms with Gasteiger partial charge in [0.2, 0.25) is 0 Å². The van der Waals surface area contributed by atoms with Crippen LogP contribution in [0.1, 0.15) is 17.7 Å². The Labute approximate surface area is 370 Å². The molecule has 0 bridgehead atoms. The molecule has 0 saturated heterocycles. The predicted molar refractivity (Wildman–Crippen MR) is 266 cm³/mol. The number of allylic oxidation sites excluding steroid dienone is 18. The maximum Gasteiger partial charge on any atom is 0.0972 e. The maximum atomic E-state index is 5.43. The molecule has 298 valence electrons. The van der Waals surface area contributed by atoms with Gasteiger partial charge < -0.3 is 0 Å². The highest BCUT2D eigenvalue weighted by Crippen LogP contribution is 2.53. The van der Waals surface area contributed by atoms with Gasteiger partial charge in [-0.3, -0.25) is 4.98 Å². The zero-order chi connectivity index (χ0) is 41.9. The van der Waals surface area contributed by atoms with Crippen LogP contribution in [0.4, 0.5) is 0 Å². The molecular weight excluding hydrogens is 775 g/mol. The summed E-state index contributed by atoms with van der Waals surface area (Å²) in [5.74, 6) is 0.831. The van der Waals surface area contributed by atoms with Crippen molar-refractivity contribution < 1.29 is 0 Å². The van der Waals surface area contributed by atoms with Gasteiger partial charge in [0, 0.05) is 62.0 Å². The predicted octanol–water partition coefficient (Wildman–Crippen LogP) is 15.0. The van der Waals surface area contributed by atoms with Crippen LogP contribution >= 0.6 is 0 Å². The molecule has 0 N–H and O–H groups in total. The summed E-state index contributed by atoms with van der Waals surface area (Å²) in [5, 5.41) is 11.0. The molecule has 3 unspecified atom stereocenters. The van der Waals surface area contributed by atoms with Crippen molar-refractivity contribution in [1.29, 1.82) is 0 Å². The van der Waals surface area contributed by atoms with E-state index in [2.05, 4.69) is 200 Å². The molecule has 0 radical (unpaired) electrons. The van der Waals surface area contributed by atoms with E-state index >= 15 is 0 Å². The van der Waals surface area contributed by atoms with Crippen LogP contribution in [0.15, 0.2) is 234 Å². The van der Waals surface area contributed by atoms with Gasteiger partial charge >= 0.3 is 0 Å². The quantitative estimate of drug-likeness (QED) is 0.166. The van der Waals surface area contributed by atoms with E-state index in [1.165, 1.54) is 76.7 Å². The summed E-state index contributed by atoms with van der Waals surface area (Å²) in [6.45, 7) is 0. The van der Waals surface area contributed by atoms with E-state index < -0.39 is 0 Å². The summed E-state index contributed by atoms with van der Waals surface area (Å²) < 4.78 is 0. The Morgan fingerprint density at radius 2 is 1.19 bits per heavy atom. The van der Waals surface area contributed by atoms with Gasteiger partial charge in [-0.2, -0.15) is 0 Å². The molecule has 6 aromatic carbocycles. The minimum atomic E-state index is 0.267. The van der Waals surface area contributed by atoms with Crippen molar-refractivity contribution in [3.8, 4) is 11.3 Å². The molecule has 5 aliphatic carbocycles. The molecule has 64 heavy (non-hydrogen) atoms. The standard InChI is InChI=1S/C61H39N3/c1-2-10-37(11-3-1)53-31-28-40-23-25-43-34-45(35-62-60(43)61(40)63-53)46-29-26-38-20-24-41-32-44(33-42-27-30-51(46)56(38)55(41)42)36-18-21-39(22-19-36)59-58-50-15-7-5-13-48(50)47-12-4-6-14-49(47)57(58)52-16-8-9-17-54(52)64-59/h1-18,20-36,55-56H,19H2. The summed E-state index contributed by atoms with van der Waals surface area (Å²) in [7, 11) is 0. The molecule has 0 fully saturated rings. The van der Waals surface area contributed by atoms with Crippen LogP contribution in [-0.4, -0.2) is 15.0 Å². The second kappa shape index (κ2) is 13.7. The topological polar surface area (TPSA) is 38.7 Å². The van der Waals surface area contributed by atoms with E-state index in [9.17, 15) is 0 Å². The van der Waals surface area contributed by atoms with Gasteiger partial charge in [0.05, 0.1) is 27.9 Å². The SMILES string of the molecule is C1=CC(C2=CC3=CC=C4C(c5cnc6c(ccc7ccc(-c8ccccc8)nc76)c5)=CC=C5C=CC(=C2)C3C54)CC=C1c1nc2ccccc2c2c3ccccc3c3ccccc3c12. The summed E-state index contributed by atoms with van der Waals surface area (Å²) in [4.78, 5) is 15.6. The van der Waals surface area contributed by atoms with Gasteiger partial charge in [-0.05, 0) is 85.2 Å². The number of hydrogen-bond acceptors (Lipinski definition) is 3. The van der Waals surface area contributed by atoms with Crippen LogP contribution in [-0.2, 0) is 0 Å². The molecular formula is C61H39N3. The maximum absolute atomic E-state index is 5.43. The monoisotopic (exact) mass is 813 g/mol. The van der Waals surface area contributed by atoms with Crippen molar-refractivity contribution >= 4 is 76.2 Å². The largest absolute Gasteiger partial charge is 0.253 e. The summed E-state index contributed by atoms with van der Waals surface area (Å²) in [6, 6.07) is 47.6. The second-order valence-corrected chi connectivity index (χ2v) is 17.8. The fourth-order valence-corrected chi connectivity index (χ4v) is 11.4. The zero-order valence-electron chi connectivity index (χ0n) is 34.9. The van der Waals surface area contributed by atoms with Crippen molar-refractivity contribution in [2.75, 3.05) is 0 Å². The van der Waals surface area contributed by atoms with Crippen molar-refractivity contribution in [1.82, 2.24) is 15.0 Å². The third kappa shape index (κ3) is 5.31. The van der Waals surface area contributed by atoms with Crippen LogP contribution in [0.5, 0.6) is 0 Å². The molecule has 0 saturated carbocycles. The first-order valence-electron chi connectivity index (χ1n) is 22.4. The molecule has 3 heteroatoms. The number of rotatable bonds is 4. The molecule has 3 aromatic heterocycles. The fourth-order valence-electron chi connectivity index (χ4n) is 11.4. The van der Waals surface area contributed by atoms with E-state index in [4.69, 9.17) is 15.0 Å². The number of hydrogen-bond donors (Lipinski definition) is 0. The van der Waals surface area contributed by atoms with E-state index in [0.717, 1.165) is 56.3 Å². The molecule has 9 aromatic rings. The van der Waals surface area contributed by atoms with Crippen LogP contribution in [0.25, 0.3) is 87.4 Å². The third-order valence-electron chi connectivity index (χ3n) is 14.4. The number of fused-ring (bicyclic) bond motifs is 11. The highest BCUT2D eigenvalue weighted by molar-refractivity contribution is 6.32. The molecule has 0 aliphatic heterocycles. The lowest BCUT2D eigenvalue weighted by Crippen LogP contribution is -2.30. The molecule has 14 rings (SSSR count). The minimum absolute atomic E-state index is 0.267. The van der Waals surface area contributed by atoms with Gasteiger partial charge in [-0.25, -0.2) is 9.97 Å². The Morgan fingerprint density at radius 1 is 0.484 bits per heavy atom. The van der Waals surface area contributed by atoms with Crippen LogP contribution in [0, 0.1) is 17.8 Å². The first-order valence-corrected chi connectivity index (χ1v) is 22.4. The number of para-hydroxylation sites is 1. The van der Waals surface area contributed by atoms with E-state index in [0.29, 0.717) is 0 Å². The van der Waals surface area contributed by atoms with Gasteiger partial charge in [0.1, 0.15) is 0 Å². The normalized spacial score (nSPS) is 19.9. The number of pyridine rings is 3. The minimum Gasteiger partial charge on any atom is -0.253 e. The third-order valence-corrected chi connectivity index (χ3v) is 14.4. The average Bonchev–Trinajstić information content (AvgIpc) is 3.37. The summed E-state index contributed by atoms with van der Waals surface area (Å²) >= 11 is 0. The first-order chi connectivity index (χ1) is 31.7. The van der Waals surface area contributed by atoms with E-state index in [-0.39, 0.29) is 17.8 Å². The smallest absolute Gasteiger partial charge is 0.0972 e. The number of aromatic nitrogens is 3. The van der Waals surface area contributed by atoms with Gasteiger partial charge in [-0.1, -0.05) is 182 Å². The lowest BCUT2D eigenvalue weighted by Gasteiger charge is -2.42. The highest BCUT2D eigenvalue weighted by Gasteiger charge is 2.40. The fraction of sp³-hybridized carbons (Fsp3) is 0.0656. The molecule has 3 nitrogen and oxygen atoms in total. The average molecular weight is 814 g/mol. The van der Waals surface area contributed by atoms with Crippen LogP contribution in [0.3, 0.4) is 0 Å². The van der Waals surface area contributed by atoms with Crippen molar-refractivity contribution in [2.45, 2.75) is 6.42 Å². The second-order valence-electron chi connectivity index (χ2n) is 17.8. The lowest BCUT2D eigenvalue weighted by atomic mass is 9.61. The van der Waals surface area contributed by atoms with Crippen LogP contribution in [0.2, 0.25) is 0 Å². The molecule has 3 atom stereocenters. The lowest BCUT2D eigenvalue weighted by molar-refractivity contribution is 0.562. The highest BCUT2D eigenvalue weighted by atomic mass is 14.8. The Bertz CT molecular complexity index is 3870. The first kappa shape index (κ1) is 35.6. The molecule has 0 amide bonds. The summed E-state index contributed by atoms with van der Waals surface area (Å²) in [6.07, 6.45) is 29.2. The van der Waals surface area contributed by atoms with Gasteiger partial charge in [0.25, 0.3) is 0 Å². The van der Waals surface area contributed by atoms with E-state index in [1.807, 2.05) is 6.07 Å². The van der Waals surface area contributed by atoms with Gasteiger partial charge in [0.15, 0.2) is 0 Å². The molecule has 5 aliphatic rings. The Kier molecular flexibility index (Phi) is 7.64. The van der Waals surface area contributed by atoms with Crippen molar-refractivity contribution in [2.24, 2.45) is 17.8 Å². The molecule has 0 spiro atoms. The van der Waals surface area contributed by atoms with E-state index in [1.54, 1.807) is 0 Å². The van der Waals surface area contributed by atoms with Gasteiger partial charge in [-0.15, -0.1) is 0 Å². The Hall–Kier alpha value is -8.01. The van der Waals surface area contributed by atoms with Crippen molar-refractivity contribution in [3.63, 3.8) is 0 Å². The zero-order valence-corrected chi connectivity index (χ0v) is 34.9. The van der Waals surface area contributed by atoms with Crippen molar-refractivity contribution in [3.05, 3.63) is 246 Å². The molecule has 3 heterocycles. The Balaban J connectivity index is 0.810. The summed E-state index contributed by atoms with van der Waals surface area (Å²) in [5.41, 5.74) is 16.5. The number of benzene rings is 6. The van der Waals surface area contributed by atoms with Crippen LogP contribution < -0.4 is 0 Å². The Morgan fingerprint density at radius 3 is 2.02 bits per heavy atom. The number of nitrogens with zero attached hydrogens (tertiary/aromatic N) is 3.